The highest BCUT2D eigenvalue weighted by Crippen LogP contribution is 2.21. The topological polar surface area (TPSA) is 30.0 Å². The van der Waals surface area contributed by atoms with E-state index in [1.807, 2.05) is 12.1 Å². The lowest BCUT2D eigenvalue weighted by Crippen LogP contribution is -2.06. The van der Waals surface area contributed by atoms with Gasteiger partial charge in [0.05, 0.1) is 0 Å². The molecule has 0 N–H and O–H groups in total. The van der Waals surface area contributed by atoms with E-state index < -0.39 is 5.92 Å². The zero-order valence-corrected chi connectivity index (χ0v) is 9.21. The fourth-order valence-electron chi connectivity index (χ4n) is 1.78. The molecule has 1 heterocycles. The summed E-state index contributed by atoms with van der Waals surface area (Å²) in [5.74, 6) is -0.780. The van der Waals surface area contributed by atoms with Crippen LogP contribution in [0.1, 0.15) is 17.0 Å². The number of carbonyl (C=O) groups excluding carboxylic acids is 1. The van der Waals surface area contributed by atoms with Crippen LogP contribution >= 0.6 is 0 Å². The standard InChI is InChI=1S/C14H12FNO/c15-14-4-2-1-3-13(14)12(10-17)9-11-5-7-16-8-6-11/h1-8,10,12H,9H2. The van der Waals surface area contributed by atoms with Crippen LogP contribution in [0.15, 0.2) is 48.8 Å². The molecular formula is C14H12FNO. The van der Waals surface area contributed by atoms with Crippen molar-refractivity contribution in [3.63, 3.8) is 0 Å². The van der Waals surface area contributed by atoms with E-state index in [4.69, 9.17) is 0 Å². The van der Waals surface area contributed by atoms with Crippen LogP contribution in [-0.2, 0) is 11.2 Å². The second-order valence-electron chi connectivity index (χ2n) is 3.82. The molecule has 0 bridgehead atoms. The maximum atomic E-state index is 13.6. The van der Waals surface area contributed by atoms with Crippen LogP contribution in [0.4, 0.5) is 4.39 Å². The summed E-state index contributed by atoms with van der Waals surface area (Å²) in [7, 11) is 0. The smallest absolute Gasteiger partial charge is 0.127 e. The molecule has 0 aliphatic carbocycles. The quantitative estimate of drug-likeness (QED) is 0.754. The maximum absolute atomic E-state index is 13.6. The van der Waals surface area contributed by atoms with Gasteiger partial charge in [-0.3, -0.25) is 4.98 Å². The molecule has 86 valence electrons. The van der Waals surface area contributed by atoms with Gasteiger partial charge >= 0.3 is 0 Å². The van der Waals surface area contributed by atoms with Gasteiger partial charge in [-0.15, -0.1) is 0 Å². The van der Waals surface area contributed by atoms with E-state index >= 15 is 0 Å². The second kappa shape index (κ2) is 5.34. The van der Waals surface area contributed by atoms with Gasteiger partial charge in [-0.05, 0) is 35.7 Å². The number of aromatic nitrogens is 1. The van der Waals surface area contributed by atoms with Gasteiger partial charge in [0.25, 0.3) is 0 Å². The molecule has 1 unspecified atom stereocenters. The fourth-order valence-corrected chi connectivity index (χ4v) is 1.78. The number of hydrogen-bond donors (Lipinski definition) is 0. The SMILES string of the molecule is O=CC(Cc1ccncc1)c1ccccc1F. The van der Waals surface area contributed by atoms with Crippen LogP contribution in [0.3, 0.4) is 0 Å². The Hall–Kier alpha value is -2.03. The summed E-state index contributed by atoms with van der Waals surface area (Å²) in [6.45, 7) is 0. The molecule has 0 fully saturated rings. The third-order valence-corrected chi connectivity index (χ3v) is 2.67. The van der Waals surface area contributed by atoms with Gasteiger partial charge in [0.15, 0.2) is 0 Å². The molecule has 2 nitrogen and oxygen atoms in total. The summed E-state index contributed by atoms with van der Waals surface area (Å²) >= 11 is 0. The molecule has 0 radical (unpaired) electrons. The molecular weight excluding hydrogens is 217 g/mol. The van der Waals surface area contributed by atoms with Gasteiger partial charge in [-0.1, -0.05) is 18.2 Å². The van der Waals surface area contributed by atoms with Crippen molar-refractivity contribution in [2.75, 3.05) is 0 Å². The monoisotopic (exact) mass is 229 g/mol. The minimum atomic E-state index is -0.446. The fraction of sp³-hybridized carbons (Fsp3) is 0.143. The third kappa shape index (κ3) is 2.75. The highest BCUT2D eigenvalue weighted by molar-refractivity contribution is 5.63. The lowest BCUT2D eigenvalue weighted by atomic mass is 9.93. The largest absolute Gasteiger partial charge is 0.303 e. The van der Waals surface area contributed by atoms with Crippen molar-refractivity contribution in [3.05, 3.63) is 65.7 Å². The van der Waals surface area contributed by atoms with Crippen LogP contribution < -0.4 is 0 Å². The number of benzene rings is 1. The number of nitrogens with zero attached hydrogens (tertiary/aromatic N) is 1. The van der Waals surface area contributed by atoms with E-state index in [0.717, 1.165) is 11.8 Å². The van der Waals surface area contributed by atoms with Crippen molar-refractivity contribution in [2.45, 2.75) is 12.3 Å². The van der Waals surface area contributed by atoms with Crippen molar-refractivity contribution in [3.8, 4) is 0 Å². The third-order valence-electron chi connectivity index (χ3n) is 2.67. The molecule has 1 aromatic heterocycles. The van der Waals surface area contributed by atoms with Crippen molar-refractivity contribution >= 4 is 6.29 Å². The number of pyridine rings is 1. The molecule has 0 aliphatic heterocycles. The molecule has 0 aliphatic rings. The number of hydrogen-bond acceptors (Lipinski definition) is 2. The van der Waals surface area contributed by atoms with Gasteiger partial charge in [0.1, 0.15) is 12.1 Å². The van der Waals surface area contributed by atoms with Crippen LogP contribution in [0, 0.1) is 5.82 Å². The minimum absolute atomic E-state index is 0.335. The Kier molecular flexibility index (Phi) is 3.60. The van der Waals surface area contributed by atoms with E-state index in [2.05, 4.69) is 4.98 Å². The van der Waals surface area contributed by atoms with E-state index in [0.29, 0.717) is 12.0 Å². The summed E-state index contributed by atoms with van der Waals surface area (Å²) in [4.78, 5) is 15.0. The Morgan fingerprint density at radius 2 is 1.88 bits per heavy atom. The van der Waals surface area contributed by atoms with Gasteiger partial charge in [0, 0.05) is 18.3 Å². The maximum Gasteiger partial charge on any atom is 0.127 e. The average molecular weight is 229 g/mol. The Morgan fingerprint density at radius 3 is 2.53 bits per heavy atom. The highest BCUT2D eigenvalue weighted by Gasteiger charge is 2.14. The molecule has 2 aromatic rings. The Balaban J connectivity index is 2.24. The van der Waals surface area contributed by atoms with Crippen molar-refractivity contribution in [1.29, 1.82) is 0 Å². The van der Waals surface area contributed by atoms with Gasteiger partial charge in [-0.25, -0.2) is 4.39 Å². The van der Waals surface area contributed by atoms with Gasteiger partial charge in [0.2, 0.25) is 0 Å². The average Bonchev–Trinajstić information content (AvgIpc) is 2.38. The first-order valence-electron chi connectivity index (χ1n) is 5.40. The number of rotatable bonds is 4. The zero-order chi connectivity index (χ0) is 12.1. The first-order valence-corrected chi connectivity index (χ1v) is 5.40. The lowest BCUT2D eigenvalue weighted by molar-refractivity contribution is -0.109. The zero-order valence-electron chi connectivity index (χ0n) is 9.21. The molecule has 17 heavy (non-hydrogen) atoms. The van der Waals surface area contributed by atoms with Crippen molar-refractivity contribution < 1.29 is 9.18 Å². The molecule has 3 heteroatoms. The first kappa shape index (κ1) is 11.5. The van der Waals surface area contributed by atoms with Crippen LogP contribution in [0.5, 0.6) is 0 Å². The molecule has 2 rings (SSSR count). The Morgan fingerprint density at radius 1 is 1.18 bits per heavy atom. The van der Waals surface area contributed by atoms with Crippen molar-refractivity contribution in [1.82, 2.24) is 4.98 Å². The Labute approximate surface area is 99.1 Å². The molecule has 1 aromatic carbocycles. The first-order chi connectivity index (χ1) is 8.31. The predicted molar refractivity (Wildman–Crippen MR) is 63.1 cm³/mol. The summed E-state index contributed by atoms with van der Waals surface area (Å²) in [6.07, 6.45) is 4.61. The summed E-state index contributed by atoms with van der Waals surface area (Å²) in [6, 6.07) is 10.0. The molecule has 0 spiro atoms. The van der Waals surface area contributed by atoms with Crippen LogP contribution in [-0.4, -0.2) is 11.3 Å². The van der Waals surface area contributed by atoms with Crippen LogP contribution in [0.2, 0.25) is 0 Å². The summed E-state index contributed by atoms with van der Waals surface area (Å²) < 4.78 is 13.6. The molecule has 1 atom stereocenters. The van der Waals surface area contributed by atoms with E-state index in [1.165, 1.54) is 6.07 Å². The van der Waals surface area contributed by atoms with Gasteiger partial charge < -0.3 is 4.79 Å². The van der Waals surface area contributed by atoms with Gasteiger partial charge in [-0.2, -0.15) is 0 Å². The Bertz CT molecular complexity index is 499. The summed E-state index contributed by atoms with van der Waals surface area (Å²) in [5.41, 5.74) is 1.42. The number of carbonyl (C=O) groups is 1. The van der Waals surface area contributed by atoms with E-state index in [9.17, 15) is 9.18 Å². The van der Waals surface area contributed by atoms with E-state index in [1.54, 1.807) is 30.6 Å². The summed E-state index contributed by atoms with van der Waals surface area (Å²) in [5, 5.41) is 0. The lowest BCUT2D eigenvalue weighted by Gasteiger charge is -2.11. The van der Waals surface area contributed by atoms with Crippen molar-refractivity contribution in [2.24, 2.45) is 0 Å². The number of aldehydes is 1. The highest BCUT2D eigenvalue weighted by atomic mass is 19.1. The van der Waals surface area contributed by atoms with E-state index in [-0.39, 0.29) is 5.82 Å². The molecule has 0 amide bonds. The minimum Gasteiger partial charge on any atom is -0.303 e. The molecule has 0 saturated carbocycles. The number of halogens is 1. The van der Waals surface area contributed by atoms with Crippen LogP contribution in [0.25, 0.3) is 0 Å². The second-order valence-corrected chi connectivity index (χ2v) is 3.82. The normalized spacial score (nSPS) is 12.1. The molecule has 0 saturated heterocycles. The predicted octanol–water partition coefficient (Wildman–Crippen LogP) is 2.75.